The predicted octanol–water partition coefficient (Wildman–Crippen LogP) is 2.69. The normalized spacial score (nSPS) is 10.3. The van der Waals surface area contributed by atoms with E-state index in [2.05, 4.69) is 15.3 Å². The quantitative estimate of drug-likeness (QED) is 0.850. The fourth-order valence-corrected chi connectivity index (χ4v) is 2.18. The Bertz CT molecular complexity index is 481. The van der Waals surface area contributed by atoms with E-state index in [9.17, 15) is 4.39 Å². The van der Waals surface area contributed by atoms with Crippen LogP contribution in [-0.2, 0) is 0 Å². The molecule has 0 saturated carbocycles. The standard InChI is InChI=1S/C10H10FN3S/c1-6-3-4-15-9(6)8-7(11)5-13-10(12-2)14-8/h3-5H,1-2H3,(H,12,13,14). The van der Waals surface area contributed by atoms with Crippen LogP contribution in [-0.4, -0.2) is 17.0 Å². The second-order valence-corrected chi connectivity index (χ2v) is 3.99. The molecule has 0 unspecified atom stereocenters. The van der Waals surface area contributed by atoms with Crippen molar-refractivity contribution in [3.05, 3.63) is 29.0 Å². The van der Waals surface area contributed by atoms with Crippen LogP contribution in [0.3, 0.4) is 0 Å². The third kappa shape index (κ3) is 1.83. The highest BCUT2D eigenvalue weighted by Crippen LogP contribution is 2.29. The van der Waals surface area contributed by atoms with Gasteiger partial charge in [0.15, 0.2) is 5.82 Å². The number of rotatable bonds is 2. The molecule has 0 aliphatic heterocycles. The van der Waals surface area contributed by atoms with Crippen LogP contribution in [0.1, 0.15) is 5.56 Å². The number of hydrogen-bond acceptors (Lipinski definition) is 4. The van der Waals surface area contributed by atoms with Crippen LogP contribution < -0.4 is 5.32 Å². The molecule has 5 heteroatoms. The zero-order valence-electron chi connectivity index (χ0n) is 8.41. The van der Waals surface area contributed by atoms with Crippen molar-refractivity contribution in [1.29, 1.82) is 0 Å². The molecular weight excluding hydrogens is 213 g/mol. The van der Waals surface area contributed by atoms with Crippen molar-refractivity contribution < 1.29 is 4.39 Å². The molecule has 0 amide bonds. The summed E-state index contributed by atoms with van der Waals surface area (Å²) in [6.45, 7) is 1.94. The Labute approximate surface area is 91.0 Å². The van der Waals surface area contributed by atoms with Gasteiger partial charge in [0, 0.05) is 7.05 Å². The summed E-state index contributed by atoms with van der Waals surface area (Å²) in [5.74, 6) is 0.0405. The van der Waals surface area contributed by atoms with Crippen molar-refractivity contribution in [1.82, 2.24) is 9.97 Å². The number of nitrogens with zero attached hydrogens (tertiary/aromatic N) is 2. The molecule has 15 heavy (non-hydrogen) atoms. The Morgan fingerprint density at radius 2 is 2.27 bits per heavy atom. The minimum Gasteiger partial charge on any atom is -0.357 e. The summed E-state index contributed by atoms with van der Waals surface area (Å²) in [5.41, 5.74) is 1.39. The minimum absolute atomic E-state index is 0.363. The third-order valence-electron chi connectivity index (χ3n) is 2.04. The van der Waals surface area contributed by atoms with Gasteiger partial charge in [0.1, 0.15) is 5.69 Å². The Morgan fingerprint density at radius 1 is 1.47 bits per heavy atom. The topological polar surface area (TPSA) is 37.8 Å². The first-order valence-electron chi connectivity index (χ1n) is 4.47. The lowest BCUT2D eigenvalue weighted by atomic mass is 10.2. The number of anilines is 1. The van der Waals surface area contributed by atoms with E-state index in [1.807, 2.05) is 18.4 Å². The Morgan fingerprint density at radius 3 is 2.87 bits per heavy atom. The molecular formula is C10H10FN3S. The van der Waals surface area contributed by atoms with E-state index in [1.165, 1.54) is 17.5 Å². The lowest BCUT2D eigenvalue weighted by Crippen LogP contribution is -1.99. The van der Waals surface area contributed by atoms with Gasteiger partial charge in [0.25, 0.3) is 0 Å². The Hall–Kier alpha value is -1.49. The van der Waals surface area contributed by atoms with E-state index >= 15 is 0 Å². The number of aryl methyl sites for hydroxylation is 1. The van der Waals surface area contributed by atoms with Gasteiger partial charge >= 0.3 is 0 Å². The number of nitrogens with one attached hydrogen (secondary N) is 1. The molecule has 2 heterocycles. The first-order valence-corrected chi connectivity index (χ1v) is 5.35. The molecule has 0 radical (unpaired) electrons. The van der Waals surface area contributed by atoms with E-state index in [1.54, 1.807) is 7.05 Å². The number of thiophene rings is 1. The molecule has 0 bridgehead atoms. The molecule has 0 spiro atoms. The van der Waals surface area contributed by atoms with Crippen molar-refractivity contribution in [3.8, 4) is 10.6 Å². The fraction of sp³-hybridized carbons (Fsp3) is 0.200. The summed E-state index contributed by atoms with van der Waals surface area (Å²) >= 11 is 1.48. The molecule has 0 aliphatic carbocycles. The van der Waals surface area contributed by atoms with Gasteiger partial charge in [-0.05, 0) is 23.9 Å². The van der Waals surface area contributed by atoms with Crippen LogP contribution in [0.15, 0.2) is 17.6 Å². The average molecular weight is 223 g/mol. The second kappa shape index (κ2) is 3.94. The van der Waals surface area contributed by atoms with Gasteiger partial charge in [-0.2, -0.15) is 0 Å². The first-order chi connectivity index (χ1) is 7.22. The van der Waals surface area contributed by atoms with Crippen molar-refractivity contribution in [2.24, 2.45) is 0 Å². The molecule has 2 rings (SSSR count). The smallest absolute Gasteiger partial charge is 0.223 e. The van der Waals surface area contributed by atoms with Crippen LogP contribution in [0.4, 0.5) is 10.3 Å². The van der Waals surface area contributed by atoms with Gasteiger partial charge in [0.05, 0.1) is 11.1 Å². The minimum atomic E-state index is -0.389. The van der Waals surface area contributed by atoms with Gasteiger partial charge < -0.3 is 5.32 Å². The van der Waals surface area contributed by atoms with Gasteiger partial charge in [-0.1, -0.05) is 0 Å². The third-order valence-corrected chi connectivity index (χ3v) is 3.07. The Kier molecular flexibility index (Phi) is 2.64. The Balaban J connectivity index is 2.56. The maximum absolute atomic E-state index is 13.5. The average Bonchev–Trinajstić information content (AvgIpc) is 2.65. The van der Waals surface area contributed by atoms with Crippen molar-refractivity contribution in [2.75, 3.05) is 12.4 Å². The molecule has 78 valence electrons. The number of hydrogen-bond donors (Lipinski definition) is 1. The lowest BCUT2D eigenvalue weighted by molar-refractivity contribution is 0.619. The molecule has 0 atom stereocenters. The fourth-order valence-electron chi connectivity index (χ4n) is 1.26. The molecule has 0 aliphatic rings. The number of halogens is 1. The summed E-state index contributed by atoms with van der Waals surface area (Å²) in [4.78, 5) is 8.76. The SMILES string of the molecule is CNc1ncc(F)c(-c2sccc2C)n1. The molecule has 2 aromatic heterocycles. The van der Waals surface area contributed by atoms with Crippen LogP contribution >= 0.6 is 11.3 Å². The van der Waals surface area contributed by atoms with Crippen LogP contribution in [0.2, 0.25) is 0 Å². The highest BCUT2D eigenvalue weighted by atomic mass is 32.1. The van der Waals surface area contributed by atoms with Crippen LogP contribution in [0.5, 0.6) is 0 Å². The van der Waals surface area contributed by atoms with E-state index in [-0.39, 0.29) is 5.82 Å². The highest BCUT2D eigenvalue weighted by molar-refractivity contribution is 7.13. The lowest BCUT2D eigenvalue weighted by Gasteiger charge is -2.03. The molecule has 3 nitrogen and oxygen atoms in total. The van der Waals surface area contributed by atoms with E-state index in [0.717, 1.165) is 10.4 Å². The zero-order valence-corrected chi connectivity index (χ0v) is 9.23. The maximum atomic E-state index is 13.5. The van der Waals surface area contributed by atoms with Crippen LogP contribution in [0, 0.1) is 12.7 Å². The van der Waals surface area contributed by atoms with E-state index < -0.39 is 0 Å². The van der Waals surface area contributed by atoms with Gasteiger partial charge in [0.2, 0.25) is 5.95 Å². The zero-order chi connectivity index (χ0) is 10.8. The molecule has 0 aromatic carbocycles. The largest absolute Gasteiger partial charge is 0.357 e. The molecule has 0 saturated heterocycles. The van der Waals surface area contributed by atoms with E-state index in [0.29, 0.717) is 11.6 Å². The summed E-state index contributed by atoms with van der Waals surface area (Å²) < 4.78 is 13.5. The molecule has 2 aromatic rings. The summed E-state index contributed by atoms with van der Waals surface area (Å²) in [5, 5.41) is 4.71. The summed E-state index contributed by atoms with van der Waals surface area (Å²) in [6.07, 6.45) is 1.19. The summed E-state index contributed by atoms with van der Waals surface area (Å²) in [7, 11) is 1.71. The van der Waals surface area contributed by atoms with Gasteiger partial charge in [-0.25, -0.2) is 14.4 Å². The van der Waals surface area contributed by atoms with Gasteiger partial charge in [-0.15, -0.1) is 11.3 Å². The van der Waals surface area contributed by atoms with E-state index in [4.69, 9.17) is 0 Å². The van der Waals surface area contributed by atoms with Crippen molar-refractivity contribution in [3.63, 3.8) is 0 Å². The monoisotopic (exact) mass is 223 g/mol. The first kappa shape index (κ1) is 10.0. The molecule has 0 fully saturated rings. The van der Waals surface area contributed by atoms with Crippen molar-refractivity contribution >= 4 is 17.3 Å². The van der Waals surface area contributed by atoms with Crippen molar-refractivity contribution in [2.45, 2.75) is 6.92 Å². The highest BCUT2D eigenvalue weighted by Gasteiger charge is 2.12. The predicted molar refractivity (Wildman–Crippen MR) is 59.6 cm³/mol. The summed E-state index contributed by atoms with van der Waals surface area (Å²) in [6, 6.07) is 1.95. The molecule has 1 N–H and O–H groups in total. The maximum Gasteiger partial charge on any atom is 0.223 e. The van der Waals surface area contributed by atoms with Gasteiger partial charge in [-0.3, -0.25) is 0 Å². The second-order valence-electron chi connectivity index (χ2n) is 3.07. The number of aromatic nitrogens is 2. The van der Waals surface area contributed by atoms with Crippen LogP contribution in [0.25, 0.3) is 10.6 Å².